The molecule has 0 aliphatic rings. The van der Waals surface area contributed by atoms with Crippen LogP contribution >= 0.6 is 11.6 Å². The number of nitrogen functional groups attached to an aromatic ring is 1. The molecule has 0 aliphatic heterocycles. The Hall–Kier alpha value is -1.93. The van der Waals surface area contributed by atoms with Crippen molar-refractivity contribution in [2.24, 2.45) is 0 Å². The molecule has 0 amide bonds. The van der Waals surface area contributed by atoms with Gasteiger partial charge >= 0.3 is 6.18 Å². The van der Waals surface area contributed by atoms with E-state index in [-0.39, 0.29) is 21.4 Å². The lowest BCUT2D eigenvalue weighted by molar-refractivity contribution is -0.138. The molecule has 4 nitrogen and oxygen atoms in total. The summed E-state index contributed by atoms with van der Waals surface area (Å²) < 4.78 is 67.1. The van der Waals surface area contributed by atoms with Crippen LogP contribution in [0, 0.1) is 0 Å². The van der Waals surface area contributed by atoms with E-state index < -0.39 is 27.3 Å². The van der Waals surface area contributed by atoms with Crippen LogP contribution in [0.25, 0.3) is 0 Å². The number of anilines is 1. The van der Waals surface area contributed by atoms with Crippen LogP contribution in [-0.2, 0) is 16.0 Å². The van der Waals surface area contributed by atoms with Crippen LogP contribution in [-0.4, -0.2) is 14.7 Å². The standard InChI is InChI=1S/C14H11ClF3NO3S/c1-23(20,21)10-4-2-9(3-5-10)22-13-11(14(16,17)18)6-8(19)7-12(13)15/h2-7H,19H2,1H3. The summed E-state index contributed by atoms with van der Waals surface area (Å²) in [5, 5.41) is -0.301. The Morgan fingerprint density at radius 3 is 2.17 bits per heavy atom. The summed E-state index contributed by atoms with van der Waals surface area (Å²) in [5.41, 5.74) is 4.11. The zero-order chi connectivity index (χ0) is 17.4. The van der Waals surface area contributed by atoms with Crippen molar-refractivity contribution < 1.29 is 26.3 Å². The molecular formula is C14H11ClF3NO3S. The molecule has 2 aromatic rings. The Balaban J connectivity index is 2.44. The molecular weight excluding hydrogens is 355 g/mol. The second-order valence-electron chi connectivity index (χ2n) is 4.72. The smallest absolute Gasteiger partial charge is 0.420 e. The van der Waals surface area contributed by atoms with Crippen molar-refractivity contribution >= 4 is 27.1 Å². The van der Waals surface area contributed by atoms with Gasteiger partial charge in [0.05, 0.1) is 9.92 Å². The van der Waals surface area contributed by atoms with Crippen molar-refractivity contribution in [1.29, 1.82) is 0 Å². The normalized spacial score (nSPS) is 12.2. The molecule has 23 heavy (non-hydrogen) atoms. The number of halogens is 4. The van der Waals surface area contributed by atoms with Gasteiger partial charge in [0.25, 0.3) is 0 Å². The quantitative estimate of drug-likeness (QED) is 0.830. The van der Waals surface area contributed by atoms with Crippen LogP contribution in [0.2, 0.25) is 5.02 Å². The zero-order valence-electron chi connectivity index (χ0n) is 11.7. The molecule has 0 aromatic heterocycles. The fraction of sp³-hybridized carbons (Fsp3) is 0.143. The lowest BCUT2D eigenvalue weighted by Gasteiger charge is -2.16. The van der Waals surface area contributed by atoms with E-state index in [0.29, 0.717) is 6.07 Å². The van der Waals surface area contributed by atoms with E-state index in [0.717, 1.165) is 12.3 Å². The topological polar surface area (TPSA) is 69.4 Å². The number of benzene rings is 2. The summed E-state index contributed by atoms with van der Waals surface area (Å²) >= 11 is 5.79. The number of alkyl halides is 3. The summed E-state index contributed by atoms with van der Waals surface area (Å²) in [6.07, 6.45) is -3.69. The highest BCUT2D eigenvalue weighted by Gasteiger charge is 2.36. The second-order valence-corrected chi connectivity index (χ2v) is 7.15. The molecule has 0 bridgehead atoms. The Labute approximate surface area is 135 Å². The molecule has 0 fully saturated rings. The molecule has 0 unspecified atom stereocenters. The molecule has 0 radical (unpaired) electrons. The SMILES string of the molecule is CS(=O)(=O)c1ccc(Oc2c(Cl)cc(N)cc2C(F)(F)F)cc1. The molecule has 2 rings (SSSR count). The van der Waals surface area contributed by atoms with Crippen LogP contribution in [0.3, 0.4) is 0 Å². The molecule has 0 atom stereocenters. The third-order valence-electron chi connectivity index (χ3n) is 2.84. The number of rotatable bonds is 3. The van der Waals surface area contributed by atoms with Crippen molar-refractivity contribution in [1.82, 2.24) is 0 Å². The van der Waals surface area contributed by atoms with Crippen molar-refractivity contribution in [2.45, 2.75) is 11.1 Å². The zero-order valence-corrected chi connectivity index (χ0v) is 13.3. The van der Waals surface area contributed by atoms with Gasteiger partial charge in [-0.15, -0.1) is 0 Å². The van der Waals surface area contributed by atoms with Gasteiger partial charge < -0.3 is 10.5 Å². The molecule has 0 saturated carbocycles. The average Bonchev–Trinajstić information content (AvgIpc) is 2.40. The fourth-order valence-electron chi connectivity index (χ4n) is 1.80. The van der Waals surface area contributed by atoms with Gasteiger partial charge in [-0.05, 0) is 36.4 Å². The predicted octanol–water partition coefficient (Wildman–Crippen LogP) is 4.14. The molecule has 2 N–H and O–H groups in total. The minimum absolute atomic E-state index is 0.00886. The third kappa shape index (κ3) is 4.08. The van der Waals surface area contributed by atoms with Crippen molar-refractivity contribution in [2.75, 3.05) is 12.0 Å². The Bertz CT molecular complexity index is 834. The van der Waals surface area contributed by atoms with Gasteiger partial charge in [0, 0.05) is 11.9 Å². The third-order valence-corrected chi connectivity index (χ3v) is 4.25. The van der Waals surface area contributed by atoms with E-state index >= 15 is 0 Å². The van der Waals surface area contributed by atoms with Crippen molar-refractivity contribution in [3.63, 3.8) is 0 Å². The summed E-state index contributed by atoms with van der Waals surface area (Å²) in [6.45, 7) is 0. The molecule has 9 heteroatoms. The number of sulfone groups is 1. The van der Waals surface area contributed by atoms with Crippen molar-refractivity contribution in [3.05, 3.63) is 47.0 Å². The van der Waals surface area contributed by atoms with Gasteiger partial charge in [0.1, 0.15) is 11.3 Å². The highest BCUT2D eigenvalue weighted by Crippen LogP contribution is 2.43. The molecule has 0 aliphatic carbocycles. The first-order chi connectivity index (χ1) is 10.5. The first kappa shape index (κ1) is 17.4. The number of ether oxygens (including phenoxy) is 1. The average molecular weight is 366 g/mol. The number of hydrogen-bond donors (Lipinski definition) is 1. The van der Waals surface area contributed by atoms with Gasteiger partial charge in [-0.2, -0.15) is 13.2 Å². The van der Waals surface area contributed by atoms with E-state index in [9.17, 15) is 21.6 Å². The molecule has 2 aromatic carbocycles. The minimum Gasteiger partial charge on any atom is -0.455 e. The van der Waals surface area contributed by atoms with Crippen LogP contribution in [0.15, 0.2) is 41.3 Å². The number of hydrogen-bond acceptors (Lipinski definition) is 4. The maximum atomic E-state index is 13.1. The summed E-state index contributed by atoms with van der Waals surface area (Å²) in [4.78, 5) is 0.0179. The van der Waals surface area contributed by atoms with Crippen molar-refractivity contribution in [3.8, 4) is 11.5 Å². The van der Waals surface area contributed by atoms with Crippen LogP contribution < -0.4 is 10.5 Å². The maximum Gasteiger partial charge on any atom is 0.420 e. The van der Waals surface area contributed by atoms with Crippen LogP contribution in [0.5, 0.6) is 11.5 Å². The van der Waals surface area contributed by atoms with Crippen LogP contribution in [0.1, 0.15) is 5.56 Å². The minimum atomic E-state index is -4.71. The second kappa shape index (κ2) is 5.93. The Kier molecular flexibility index (Phi) is 4.50. The van der Waals surface area contributed by atoms with Crippen LogP contribution in [0.4, 0.5) is 18.9 Å². The van der Waals surface area contributed by atoms with E-state index in [1.54, 1.807) is 0 Å². The molecule has 0 saturated heterocycles. The first-order valence-corrected chi connectivity index (χ1v) is 8.39. The molecule has 124 valence electrons. The first-order valence-electron chi connectivity index (χ1n) is 6.12. The summed E-state index contributed by atoms with van der Waals surface area (Å²) in [6, 6.07) is 6.78. The lowest BCUT2D eigenvalue weighted by atomic mass is 10.1. The fourth-order valence-corrected chi connectivity index (χ4v) is 2.70. The number of nitrogens with two attached hydrogens (primary N) is 1. The van der Waals surface area contributed by atoms with E-state index in [4.69, 9.17) is 22.1 Å². The van der Waals surface area contributed by atoms with E-state index in [2.05, 4.69) is 0 Å². The monoisotopic (exact) mass is 365 g/mol. The van der Waals surface area contributed by atoms with Gasteiger partial charge in [0.2, 0.25) is 0 Å². The highest BCUT2D eigenvalue weighted by atomic mass is 35.5. The van der Waals surface area contributed by atoms with Gasteiger partial charge in [0.15, 0.2) is 15.6 Å². The maximum absolute atomic E-state index is 13.1. The summed E-state index contributed by atoms with van der Waals surface area (Å²) in [7, 11) is -3.42. The Morgan fingerprint density at radius 2 is 1.70 bits per heavy atom. The summed E-state index contributed by atoms with van der Waals surface area (Å²) in [5.74, 6) is -0.588. The van der Waals surface area contributed by atoms with E-state index in [1.165, 1.54) is 24.3 Å². The highest BCUT2D eigenvalue weighted by molar-refractivity contribution is 7.90. The van der Waals surface area contributed by atoms with Gasteiger partial charge in [-0.3, -0.25) is 0 Å². The van der Waals surface area contributed by atoms with Gasteiger partial charge in [-0.1, -0.05) is 11.6 Å². The van der Waals surface area contributed by atoms with Gasteiger partial charge in [-0.25, -0.2) is 8.42 Å². The molecule has 0 heterocycles. The van der Waals surface area contributed by atoms with E-state index in [1.807, 2.05) is 0 Å². The lowest BCUT2D eigenvalue weighted by Crippen LogP contribution is -2.08. The largest absolute Gasteiger partial charge is 0.455 e. The predicted molar refractivity (Wildman–Crippen MR) is 80.5 cm³/mol. The Morgan fingerprint density at radius 1 is 1.13 bits per heavy atom. The molecule has 0 spiro atoms.